The Morgan fingerprint density at radius 2 is 1.67 bits per heavy atom. The van der Waals surface area contributed by atoms with Crippen LogP contribution in [0.15, 0.2) is 24.3 Å². The van der Waals surface area contributed by atoms with Crippen LogP contribution in [-0.2, 0) is 0 Å². The van der Waals surface area contributed by atoms with E-state index in [1.165, 1.54) is 5.56 Å². The third-order valence-corrected chi connectivity index (χ3v) is 2.74. The van der Waals surface area contributed by atoms with Gasteiger partial charge in [0.15, 0.2) is 0 Å². The molecule has 0 aliphatic heterocycles. The molecule has 0 saturated heterocycles. The van der Waals surface area contributed by atoms with Gasteiger partial charge in [0.2, 0.25) is 0 Å². The first-order valence-corrected chi connectivity index (χ1v) is 4.75. The summed E-state index contributed by atoms with van der Waals surface area (Å²) < 4.78 is 0. The van der Waals surface area contributed by atoms with Gasteiger partial charge in [-0.15, -0.1) is 0 Å². The fraction of sp³-hybridized carbons (Fsp3) is 0.455. The fourth-order valence-electron chi connectivity index (χ4n) is 1.20. The average molecular weight is 183 g/mol. The summed E-state index contributed by atoms with van der Waals surface area (Å²) in [7, 11) is 0. The Morgan fingerprint density at radius 1 is 1.08 bits per heavy atom. The summed E-state index contributed by atoms with van der Waals surface area (Å²) >= 11 is 6.06. The molecule has 1 atom stereocenters. The van der Waals surface area contributed by atoms with Gasteiger partial charge in [-0.3, -0.25) is 0 Å². The first kappa shape index (κ1) is 9.60. The zero-order valence-corrected chi connectivity index (χ0v) is 8.60. The molecule has 1 aromatic rings. The molecular weight excluding hydrogens is 168 g/mol. The largest absolute Gasteiger partial charge is 0.0840 e. The summed E-state index contributed by atoms with van der Waals surface area (Å²) in [4.78, 5) is 0. The van der Waals surface area contributed by atoms with Crippen LogP contribution in [0.5, 0.6) is 0 Å². The van der Waals surface area contributed by atoms with Crippen molar-refractivity contribution in [1.29, 1.82) is 0 Å². The van der Waals surface area contributed by atoms with Crippen molar-refractivity contribution in [3.05, 3.63) is 34.9 Å². The van der Waals surface area contributed by atoms with E-state index in [1.807, 2.05) is 18.2 Å². The van der Waals surface area contributed by atoms with E-state index >= 15 is 0 Å². The van der Waals surface area contributed by atoms with E-state index in [0.29, 0.717) is 11.8 Å². The van der Waals surface area contributed by atoms with Crippen LogP contribution < -0.4 is 0 Å². The van der Waals surface area contributed by atoms with Crippen molar-refractivity contribution < 1.29 is 0 Å². The average Bonchev–Trinajstić information content (AvgIpc) is 2.04. The Labute approximate surface area is 79.6 Å². The number of hydrogen-bond acceptors (Lipinski definition) is 0. The first-order valence-electron chi connectivity index (χ1n) is 4.37. The van der Waals surface area contributed by atoms with E-state index in [2.05, 4.69) is 26.8 Å². The summed E-state index contributed by atoms with van der Waals surface area (Å²) in [5, 5.41) is 0.888. The molecule has 0 N–H and O–H groups in total. The van der Waals surface area contributed by atoms with Crippen LogP contribution in [0.25, 0.3) is 0 Å². The maximum atomic E-state index is 6.06. The highest BCUT2D eigenvalue weighted by atomic mass is 35.5. The maximum absolute atomic E-state index is 6.06. The molecule has 0 unspecified atom stereocenters. The normalized spacial score (nSPS) is 13.4. The summed E-state index contributed by atoms with van der Waals surface area (Å²) in [6.45, 7) is 6.65. The Balaban J connectivity index is 2.94. The van der Waals surface area contributed by atoms with Crippen molar-refractivity contribution in [2.24, 2.45) is 5.92 Å². The number of benzene rings is 1. The Morgan fingerprint density at radius 3 is 2.17 bits per heavy atom. The molecule has 0 heterocycles. The Hall–Kier alpha value is -0.490. The van der Waals surface area contributed by atoms with Crippen LogP contribution in [0.2, 0.25) is 5.02 Å². The number of halogens is 1. The van der Waals surface area contributed by atoms with Gasteiger partial charge in [0.05, 0.1) is 0 Å². The second kappa shape index (κ2) is 3.95. The SMILES string of the molecule is CC(C)[C@H](C)c1ccccc1Cl. The molecule has 66 valence electrons. The Bertz CT molecular complexity index is 253. The van der Waals surface area contributed by atoms with Crippen LogP contribution in [0, 0.1) is 5.92 Å². The summed E-state index contributed by atoms with van der Waals surface area (Å²) in [6, 6.07) is 8.07. The van der Waals surface area contributed by atoms with Gasteiger partial charge in [-0.05, 0) is 23.5 Å². The number of hydrogen-bond donors (Lipinski definition) is 0. The standard InChI is InChI=1S/C11H15Cl/c1-8(2)9(3)10-6-4-5-7-11(10)12/h4-9H,1-3H3/t9-/m0/s1. The van der Waals surface area contributed by atoms with Crippen molar-refractivity contribution in [1.82, 2.24) is 0 Å². The summed E-state index contributed by atoms with van der Waals surface area (Å²) in [5.74, 6) is 1.18. The Kier molecular flexibility index (Phi) is 3.16. The van der Waals surface area contributed by atoms with Gasteiger partial charge >= 0.3 is 0 Å². The molecule has 0 saturated carbocycles. The summed E-state index contributed by atoms with van der Waals surface area (Å²) in [5.41, 5.74) is 1.26. The minimum absolute atomic E-state index is 0.540. The van der Waals surface area contributed by atoms with E-state index in [-0.39, 0.29) is 0 Å². The molecule has 0 fully saturated rings. The third kappa shape index (κ3) is 2.01. The summed E-state index contributed by atoms with van der Waals surface area (Å²) in [6.07, 6.45) is 0. The number of rotatable bonds is 2. The van der Waals surface area contributed by atoms with Gasteiger partial charge in [-0.25, -0.2) is 0 Å². The molecule has 0 aromatic heterocycles. The van der Waals surface area contributed by atoms with Gasteiger partial charge in [0.1, 0.15) is 0 Å². The molecular formula is C11H15Cl. The molecule has 0 bridgehead atoms. The van der Waals surface area contributed by atoms with E-state index in [9.17, 15) is 0 Å². The lowest BCUT2D eigenvalue weighted by Crippen LogP contribution is -2.02. The van der Waals surface area contributed by atoms with Crippen molar-refractivity contribution >= 4 is 11.6 Å². The van der Waals surface area contributed by atoms with Gasteiger partial charge in [-0.1, -0.05) is 50.6 Å². The minimum atomic E-state index is 0.540. The molecule has 0 amide bonds. The van der Waals surface area contributed by atoms with Crippen molar-refractivity contribution in [3.8, 4) is 0 Å². The lowest BCUT2D eigenvalue weighted by atomic mass is 9.90. The molecule has 0 spiro atoms. The first-order chi connectivity index (χ1) is 5.63. The zero-order valence-electron chi connectivity index (χ0n) is 7.84. The van der Waals surface area contributed by atoms with Gasteiger partial charge < -0.3 is 0 Å². The van der Waals surface area contributed by atoms with E-state index in [0.717, 1.165) is 5.02 Å². The topological polar surface area (TPSA) is 0 Å². The molecule has 0 nitrogen and oxygen atoms in total. The third-order valence-electron chi connectivity index (χ3n) is 2.40. The van der Waals surface area contributed by atoms with Crippen LogP contribution in [0.1, 0.15) is 32.3 Å². The highest BCUT2D eigenvalue weighted by molar-refractivity contribution is 6.31. The van der Waals surface area contributed by atoms with Crippen LogP contribution in [0.3, 0.4) is 0 Å². The molecule has 12 heavy (non-hydrogen) atoms. The highest BCUT2D eigenvalue weighted by Crippen LogP contribution is 2.29. The predicted octanol–water partition coefficient (Wildman–Crippen LogP) is 4.10. The quantitative estimate of drug-likeness (QED) is 0.646. The van der Waals surface area contributed by atoms with Crippen molar-refractivity contribution in [2.45, 2.75) is 26.7 Å². The van der Waals surface area contributed by atoms with Gasteiger partial charge in [-0.2, -0.15) is 0 Å². The molecule has 0 aliphatic rings. The lowest BCUT2D eigenvalue weighted by Gasteiger charge is -2.16. The molecule has 0 radical (unpaired) electrons. The maximum Gasteiger partial charge on any atom is 0.0440 e. The van der Waals surface area contributed by atoms with Gasteiger partial charge in [0.25, 0.3) is 0 Å². The predicted molar refractivity (Wildman–Crippen MR) is 54.7 cm³/mol. The lowest BCUT2D eigenvalue weighted by molar-refractivity contribution is 0.535. The van der Waals surface area contributed by atoms with Crippen molar-refractivity contribution in [3.63, 3.8) is 0 Å². The van der Waals surface area contributed by atoms with E-state index < -0.39 is 0 Å². The zero-order chi connectivity index (χ0) is 9.14. The van der Waals surface area contributed by atoms with E-state index in [4.69, 9.17) is 11.6 Å². The smallest absolute Gasteiger partial charge is 0.0440 e. The minimum Gasteiger partial charge on any atom is -0.0840 e. The molecule has 1 heteroatoms. The van der Waals surface area contributed by atoms with Crippen LogP contribution in [0.4, 0.5) is 0 Å². The fourth-order valence-corrected chi connectivity index (χ4v) is 1.51. The monoisotopic (exact) mass is 182 g/mol. The molecule has 0 aliphatic carbocycles. The van der Waals surface area contributed by atoms with Gasteiger partial charge in [0, 0.05) is 5.02 Å². The van der Waals surface area contributed by atoms with Crippen LogP contribution >= 0.6 is 11.6 Å². The van der Waals surface area contributed by atoms with Crippen LogP contribution in [-0.4, -0.2) is 0 Å². The van der Waals surface area contributed by atoms with Crippen molar-refractivity contribution in [2.75, 3.05) is 0 Å². The second-order valence-electron chi connectivity index (χ2n) is 3.55. The van der Waals surface area contributed by atoms with E-state index in [1.54, 1.807) is 0 Å². The molecule has 1 rings (SSSR count). The highest BCUT2D eigenvalue weighted by Gasteiger charge is 2.11. The second-order valence-corrected chi connectivity index (χ2v) is 3.96. The molecule has 1 aromatic carbocycles.